The van der Waals surface area contributed by atoms with E-state index in [2.05, 4.69) is 41.7 Å². The van der Waals surface area contributed by atoms with Crippen molar-refractivity contribution in [3.63, 3.8) is 0 Å². The highest BCUT2D eigenvalue weighted by Gasteiger charge is 2.25. The molecule has 0 aliphatic carbocycles. The Kier molecular flexibility index (Phi) is 4.32. The third-order valence-corrected chi connectivity index (χ3v) is 4.82. The lowest BCUT2D eigenvalue weighted by atomic mass is 9.97. The van der Waals surface area contributed by atoms with Gasteiger partial charge in [0.2, 0.25) is 5.91 Å². The Bertz CT molecular complexity index is 690. The first kappa shape index (κ1) is 15.4. The van der Waals surface area contributed by atoms with E-state index in [1.54, 1.807) is 0 Å². The summed E-state index contributed by atoms with van der Waals surface area (Å²) in [6.45, 7) is 3.50. The zero-order valence-electron chi connectivity index (χ0n) is 13.7. The lowest BCUT2D eigenvalue weighted by Gasteiger charge is -2.27. The Morgan fingerprint density at radius 1 is 1.04 bits per heavy atom. The van der Waals surface area contributed by atoms with E-state index in [1.807, 2.05) is 17.0 Å². The first-order valence-corrected chi connectivity index (χ1v) is 8.56. The van der Waals surface area contributed by atoms with Gasteiger partial charge in [0.25, 0.3) is 0 Å². The van der Waals surface area contributed by atoms with Crippen molar-refractivity contribution < 1.29 is 9.53 Å². The van der Waals surface area contributed by atoms with Crippen LogP contribution in [0.3, 0.4) is 0 Å². The van der Waals surface area contributed by atoms with Crippen molar-refractivity contribution in [2.24, 2.45) is 0 Å². The fourth-order valence-electron chi connectivity index (χ4n) is 3.58. The maximum Gasteiger partial charge on any atom is 0.224 e. The molecular formula is C20H22N2O2. The number of hydrogen-bond acceptors (Lipinski definition) is 3. The van der Waals surface area contributed by atoms with Gasteiger partial charge in [0, 0.05) is 32.1 Å². The Balaban J connectivity index is 1.61. The van der Waals surface area contributed by atoms with E-state index in [-0.39, 0.29) is 11.9 Å². The second-order valence-electron chi connectivity index (χ2n) is 6.49. The highest BCUT2D eigenvalue weighted by molar-refractivity contribution is 5.79. The Labute approximate surface area is 142 Å². The Morgan fingerprint density at radius 2 is 1.67 bits per heavy atom. The van der Waals surface area contributed by atoms with Crippen LogP contribution in [0.2, 0.25) is 0 Å². The highest BCUT2D eigenvalue weighted by atomic mass is 16.5. The molecule has 1 fully saturated rings. The largest absolute Gasteiger partial charge is 0.378 e. The number of nitrogens with zero attached hydrogens (tertiary/aromatic N) is 1. The van der Waals surface area contributed by atoms with Gasteiger partial charge in [-0.15, -0.1) is 0 Å². The van der Waals surface area contributed by atoms with Crippen molar-refractivity contribution in [1.29, 1.82) is 0 Å². The van der Waals surface area contributed by atoms with E-state index in [0.717, 1.165) is 13.2 Å². The molecule has 0 saturated carbocycles. The molecule has 1 N–H and O–H groups in total. The van der Waals surface area contributed by atoms with Crippen LogP contribution in [0.5, 0.6) is 0 Å². The van der Waals surface area contributed by atoms with Gasteiger partial charge in [0.1, 0.15) is 0 Å². The van der Waals surface area contributed by atoms with E-state index in [1.165, 1.54) is 22.3 Å². The highest BCUT2D eigenvalue weighted by Crippen LogP contribution is 2.32. The fourth-order valence-corrected chi connectivity index (χ4v) is 3.58. The second kappa shape index (κ2) is 6.75. The van der Waals surface area contributed by atoms with Gasteiger partial charge >= 0.3 is 0 Å². The standard InChI is InChI=1S/C20H22N2O2/c23-20(11-17-14-24-10-9-21-17)22-12-15-5-1-3-7-18(15)19-8-4-2-6-16(19)13-22/h1-8,17,21H,9-14H2. The smallest absolute Gasteiger partial charge is 0.224 e. The molecule has 4 heteroatoms. The SMILES string of the molecule is O=C(CC1COCCN1)N1Cc2ccccc2-c2ccccc2C1. The number of nitrogens with one attached hydrogen (secondary N) is 1. The van der Waals surface area contributed by atoms with Gasteiger partial charge in [-0.25, -0.2) is 0 Å². The molecule has 1 saturated heterocycles. The van der Waals surface area contributed by atoms with Gasteiger partial charge in [0.15, 0.2) is 0 Å². The predicted molar refractivity (Wildman–Crippen MR) is 93.4 cm³/mol. The summed E-state index contributed by atoms with van der Waals surface area (Å²) in [5.74, 6) is 0.185. The fraction of sp³-hybridized carbons (Fsp3) is 0.350. The van der Waals surface area contributed by atoms with Gasteiger partial charge in [-0.2, -0.15) is 0 Å². The third-order valence-electron chi connectivity index (χ3n) is 4.82. The van der Waals surface area contributed by atoms with Crippen LogP contribution in [0.15, 0.2) is 48.5 Å². The van der Waals surface area contributed by atoms with Crippen LogP contribution in [0, 0.1) is 0 Å². The van der Waals surface area contributed by atoms with Crippen molar-refractivity contribution >= 4 is 5.91 Å². The molecule has 0 spiro atoms. The summed E-state index contributed by atoms with van der Waals surface area (Å²) in [6.07, 6.45) is 0.490. The van der Waals surface area contributed by atoms with Crippen molar-refractivity contribution in [2.45, 2.75) is 25.6 Å². The molecule has 4 nitrogen and oxygen atoms in total. The molecule has 124 valence electrons. The maximum atomic E-state index is 12.9. The predicted octanol–water partition coefficient (Wildman–Crippen LogP) is 2.57. The summed E-state index contributed by atoms with van der Waals surface area (Å²) in [5, 5.41) is 3.37. The van der Waals surface area contributed by atoms with E-state index < -0.39 is 0 Å². The van der Waals surface area contributed by atoms with E-state index in [0.29, 0.717) is 26.1 Å². The van der Waals surface area contributed by atoms with Gasteiger partial charge in [-0.05, 0) is 22.3 Å². The number of fused-ring (bicyclic) bond motifs is 3. The lowest BCUT2D eigenvalue weighted by molar-refractivity contribution is -0.133. The molecule has 0 bridgehead atoms. The van der Waals surface area contributed by atoms with Crippen molar-refractivity contribution in [1.82, 2.24) is 10.2 Å². The minimum Gasteiger partial charge on any atom is -0.378 e. The van der Waals surface area contributed by atoms with E-state index in [9.17, 15) is 4.79 Å². The topological polar surface area (TPSA) is 41.6 Å². The third kappa shape index (κ3) is 3.07. The summed E-state index contributed by atoms with van der Waals surface area (Å²) >= 11 is 0. The summed E-state index contributed by atoms with van der Waals surface area (Å²) in [4.78, 5) is 14.8. The van der Waals surface area contributed by atoms with Crippen molar-refractivity contribution in [2.75, 3.05) is 19.8 Å². The Hall–Kier alpha value is -2.17. The molecule has 1 atom stereocenters. The van der Waals surface area contributed by atoms with E-state index >= 15 is 0 Å². The summed E-state index contributed by atoms with van der Waals surface area (Å²) < 4.78 is 5.47. The van der Waals surface area contributed by atoms with Crippen molar-refractivity contribution in [3.05, 3.63) is 59.7 Å². The molecule has 2 heterocycles. The number of rotatable bonds is 2. The average molecular weight is 322 g/mol. The molecule has 4 rings (SSSR count). The summed E-state index contributed by atoms with van der Waals surface area (Å²) in [6, 6.07) is 16.9. The van der Waals surface area contributed by atoms with Gasteiger partial charge in [-0.3, -0.25) is 4.79 Å². The lowest BCUT2D eigenvalue weighted by Crippen LogP contribution is -2.44. The molecule has 2 aliphatic rings. The number of benzene rings is 2. The number of amides is 1. The summed E-state index contributed by atoms with van der Waals surface area (Å²) in [5.41, 5.74) is 4.90. The number of carbonyl (C=O) groups is 1. The molecule has 2 aromatic rings. The monoisotopic (exact) mass is 322 g/mol. The van der Waals surface area contributed by atoms with Crippen LogP contribution in [-0.4, -0.2) is 36.6 Å². The Morgan fingerprint density at radius 3 is 2.25 bits per heavy atom. The van der Waals surface area contributed by atoms with Gasteiger partial charge in [-0.1, -0.05) is 48.5 Å². The van der Waals surface area contributed by atoms with Crippen LogP contribution in [-0.2, 0) is 22.6 Å². The molecule has 24 heavy (non-hydrogen) atoms. The molecule has 1 unspecified atom stereocenters. The zero-order valence-corrected chi connectivity index (χ0v) is 13.7. The second-order valence-corrected chi connectivity index (χ2v) is 6.49. The number of hydrogen-bond donors (Lipinski definition) is 1. The quantitative estimate of drug-likeness (QED) is 0.924. The van der Waals surface area contributed by atoms with Crippen LogP contribution >= 0.6 is 0 Å². The van der Waals surface area contributed by atoms with Crippen LogP contribution in [0.1, 0.15) is 17.5 Å². The minimum absolute atomic E-state index is 0.125. The van der Waals surface area contributed by atoms with Crippen LogP contribution < -0.4 is 5.32 Å². The average Bonchev–Trinajstić information content (AvgIpc) is 2.79. The van der Waals surface area contributed by atoms with Gasteiger partial charge in [0.05, 0.1) is 13.2 Å². The number of carbonyl (C=O) groups excluding carboxylic acids is 1. The molecular weight excluding hydrogens is 300 g/mol. The van der Waals surface area contributed by atoms with Crippen LogP contribution in [0.4, 0.5) is 0 Å². The molecule has 2 aromatic carbocycles. The molecule has 0 radical (unpaired) electrons. The number of morpholine rings is 1. The maximum absolute atomic E-state index is 12.9. The zero-order chi connectivity index (χ0) is 16.4. The van der Waals surface area contributed by atoms with E-state index in [4.69, 9.17) is 4.74 Å². The minimum atomic E-state index is 0.125. The van der Waals surface area contributed by atoms with Crippen molar-refractivity contribution in [3.8, 4) is 11.1 Å². The first-order chi connectivity index (χ1) is 11.8. The molecule has 2 aliphatic heterocycles. The molecule has 1 amide bonds. The number of ether oxygens (including phenoxy) is 1. The van der Waals surface area contributed by atoms with Gasteiger partial charge < -0.3 is 15.0 Å². The normalized spacial score (nSPS) is 20.0. The summed E-state index contributed by atoms with van der Waals surface area (Å²) in [7, 11) is 0. The first-order valence-electron chi connectivity index (χ1n) is 8.56. The molecule has 0 aromatic heterocycles. The van der Waals surface area contributed by atoms with Crippen LogP contribution in [0.25, 0.3) is 11.1 Å².